The van der Waals surface area contributed by atoms with Crippen LogP contribution in [0.5, 0.6) is 0 Å². The van der Waals surface area contributed by atoms with E-state index in [2.05, 4.69) is 36.0 Å². The summed E-state index contributed by atoms with van der Waals surface area (Å²) in [7, 11) is 0. The van der Waals surface area contributed by atoms with Gasteiger partial charge in [-0.2, -0.15) is 5.10 Å². The van der Waals surface area contributed by atoms with Crippen molar-refractivity contribution in [3.8, 4) is 0 Å². The third kappa shape index (κ3) is 2.70. The lowest BCUT2D eigenvalue weighted by molar-refractivity contribution is 0.311. The molecule has 2 saturated heterocycles. The van der Waals surface area contributed by atoms with E-state index in [4.69, 9.17) is 0 Å². The first-order chi connectivity index (χ1) is 10.8. The average molecular weight is 298 g/mol. The zero-order chi connectivity index (χ0) is 14.9. The molecule has 0 radical (unpaired) electrons. The molecule has 6 heteroatoms. The molecule has 2 aliphatic heterocycles. The number of H-pyrrole nitrogens is 1. The summed E-state index contributed by atoms with van der Waals surface area (Å²) in [6.45, 7) is 7.53. The van der Waals surface area contributed by atoms with Gasteiger partial charge in [0.15, 0.2) is 5.82 Å². The number of fused-ring (bicyclic) bond motifs is 1. The Labute approximate surface area is 130 Å². The second-order valence-corrected chi connectivity index (χ2v) is 6.56. The topological polar surface area (TPSA) is 60.9 Å². The van der Waals surface area contributed by atoms with Crippen LogP contribution in [-0.2, 0) is 6.54 Å². The van der Waals surface area contributed by atoms with Gasteiger partial charge in [0.05, 0.1) is 12.0 Å². The van der Waals surface area contributed by atoms with E-state index in [1.165, 1.54) is 25.2 Å². The number of imidazole rings is 1. The number of likely N-dealkylation sites (tertiary alicyclic amines) is 1. The molecular weight excluding hydrogens is 276 g/mol. The molecule has 6 nitrogen and oxygen atoms in total. The Hall–Kier alpha value is -1.95. The monoisotopic (exact) mass is 298 g/mol. The molecule has 116 valence electrons. The maximum Gasteiger partial charge on any atom is 0.151 e. The Kier molecular flexibility index (Phi) is 3.54. The quantitative estimate of drug-likeness (QED) is 0.930. The fourth-order valence-corrected chi connectivity index (χ4v) is 3.78. The maximum atomic E-state index is 4.35. The second-order valence-electron chi connectivity index (χ2n) is 6.56. The maximum absolute atomic E-state index is 4.35. The number of aryl methyl sites for hydroxylation is 1. The number of nitrogens with zero attached hydrogens (tertiary/aromatic N) is 5. The summed E-state index contributed by atoms with van der Waals surface area (Å²) in [6.07, 6.45) is 4.94. The van der Waals surface area contributed by atoms with Gasteiger partial charge in [0, 0.05) is 44.6 Å². The van der Waals surface area contributed by atoms with Gasteiger partial charge in [0.1, 0.15) is 0 Å². The minimum Gasteiger partial charge on any atom is -0.355 e. The Balaban J connectivity index is 1.40. The Morgan fingerprint density at radius 1 is 1.18 bits per heavy atom. The SMILES string of the molecule is Cc1ccc(N2CC[C@@H]3CN(Cc4cnc[nH]4)C[C@@H]3C2)nn1. The molecule has 2 fully saturated rings. The summed E-state index contributed by atoms with van der Waals surface area (Å²) in [6, 6.07) is 4.15. The molecule has 22 heavy (non-hydrogen) atoms. The number of nitrogens with one attached hydrogen (secondary N) is 1. The largest absolute Gasteiger partial charge is 0.355 e. The van der Waals surface area contributed by atoms with Crippen LogP contribution in [0.2, 0.25) is 0 Å². The highest BCUT2D eigenvalue weighted by molar-refractivity contribution is 5.38. The molecule has 0 bridgehead atoms. The molecule has 0 aromatic carbocycles. The number of hydrogen-bond acceptors (Lipinski definition) is 5. The van der Waals surface area contributed by atoms with Crippen LogP contribution in [0.1, 0.15) is 17.8 Å². The molecule has 1 N–H and O–H groups in total. The lowest BCUT2D eigenvalue weighted by atomic mass is 9.89. The molecule has 0 unspecified atom stereocenters. The van der Waals surface area contributed by atoms with Gasteiger partial charge in [-0.15, -0.1) is 5.10 Å². The first-order valence-electron chi connectivity index (χ1n) is 8.03. The average Bonchev–Trinajstić information content (AvgIpc) is 3.16. The molecule has 2 aromatic rings. The van der Waals surface area contributed by atoms with E-state index in [1.54, 1.807) is 6.33 Å². The molecular formula is C16H22N6. The zero-order valence-electron chi connectivity index (χ0n) is 12.9. The van der Waals surface area contributed by atoms with Gasteiger partial charge in [-0.1, -0.05) is 0 Å². The van der Waals surface area contributed by atoms with E-state index < -0.39 is 0 Å². The summed E-state index contributed by atoms with van der Waals surface area (Å²) in [4.78, 5) is 12.3. The van der Waals surface area contributed by atoms with Crippen LogP contribution < -0.4 is 4.90 Å². The summed E-state index contributed by atoms with van der Waals surface area (Å²) < 4.78 is 0. The first kappa shape index (κ1) is 13.7. The molecule has 0 spiro atoms. The van der Waals surface area contributed by atoms with E-state index >= 15 is 0 Å². The predicted molar refractivity (Wildman–Crippen MR) is 84.4 cm³/mol. The van der Waals surface area contributed by atoms with Crippen molar-refractivity contribution in [1.29, 1.82) is 0 Å². The summed E-state index contributed by atoms with van der Waals surface area (Å²) >= 11 is 0. The van der Waals surface area contributed by atoms with Gasteiger partial charge in [-0.05, 0) is 37.3 Å². The van der Waals surface area contributed by atoms with E-state index in [-0.39, 0.29) is 0 Å². The lowest BCUT2D eigenvalue weighted by Crippen LogP contribution is -2.40. The van der Waals surface area contributed by atoms with Crippen molar-refractivity contribution in [3.63, 3.8) is 0 Å². The number of rotatable bonds is 3. The van der Waals surface area contributed by atoms with Crippen molar-refractivity contribution in [2.75, 3.05) is 31.1 Å². The minimum absolute atomic E-state index is 0.736. The smallest absolute Gasteiger partial charge is 0.151 e. The Morgan fingerprint density at radius 3 is 2.86 bits per heavy atom. The van der Waals surface area contributed by atoms with E-state index in [1.807, 2.05) is 19.2 Å². The van der Waals surface area contributed by atoms with Crippen molar-refractivity contribution in [1.82, 2.24) is 25.1 Å². The zero-order valence-corrected chi connectivity index (χ0v) is 12.9. The number of aromatic amines is 1. The molecule has 2 aromatic heterocycles. The molecule has 4 heterocycles. The third-order valence-corrected chi connectivity index (χ3v) is 4.93. The molecule has 0 aliphatic carbocycles. The third-order valence-electron chi connectivity index (χ3n) is 4.93. The van der Waals surface area contributed by atoms with Gasteiger partial charge in [-0.3, -0.25) is 4.90 Å². The fourth-order valence-electron chi connectivity index (χ4n) is 3.78. The van der Waals surface area contributed by atoms with Gasteiger partial charge in [0.2, 0.25) is 0 Å². The normalized spacial score (nSPS) is 25.4. The van der Waals surface area contributed by atoms with Crippen molar-refractivity contribution >= 4 is 5.82 Å². The number of anilines is 1. The first-order valence-corrected chi connectivity index (χ1v) is 8.03. The van der Waals surface area contributed by atoms with Crippen molar-refractivity contribution in [3.05, 3.63) is 36.0 Å². The van der Waals surface area contributed by atoms with Gasteiger partial charge >= 0.3 is 0 Å². The molecule has 0 saturated carbocycles. The van der Waals surface area contributed by atoms with Crippen molar-refractivity contribution < 1.29 is 0 Å². The van der Waals surface area contributed by atoms with Crippen LogP contribution in [0.25, 0.3) is 0 Å². The highest BCUT2D eigenvalue weighted by atomic mass is 15.3. The highest BCUT2D eigenvalue weighted by Crippen LogP contribution is 2.33. The van der Waals surface area contributed by atoms with Crippen LogP contribution in [0.4, 0.5) is 5.82 Å². The van der Waals surface area contributed by atoms with Gasteiger partial charge in [-0.25, -0.2) is 4.98 Å². The summed E-state index contributed by atoms with van der Waals surface area (Å²) in [5, 5.41) is 8.54. The number of piperidine rings is 1. The second kappa shape index (κ2) is 5.68. The van der Waals surface area contributed by atoms with Crippen molar-refractivity contribution in [2.45, 2.75) is 19.9 Å². The Morgan fingerprint density at radius 2 is 2.09 bits per heavy atom. The minimum atomic E-state index is 0.736. The molecule has 4 rings (SSSR count). The Bertz CT molecular complexity index is 608. The van der Waals surface area contributed by atoms with Crippen LogP contribution >= 0.6 is 0 Å². The molecule has 0 amide bonds. The van der Waals surface area contributed by atoms with E-state index in [0.717, 1.165) is 43.0 Å². The van der Waals surface area contributed by atoms with Crippen LogP contribution in [0, 0.1) is 18.8 Å². The van der Waals surface area contributed by atoms with E-state index in [0.29, 0.717) is 0 Å². The van der Waals surface area contributed by atoms with E-state index in [9.17, 15) is 0 Å². The van der Waals surface area contributed by atoms with Crippen LogP contribution in [-0.4, -0.2) is 51.2 Å². The standard InChI is InChI=1S/C16H22N6/c1-12-2-3-16(20-19-12)22-5-4-13-7-21(8-14(13)9-22)10-15-6-17-11-18-15/h2-3,6,11,13-14H,4-5,7-10H2,1H3,(H,17,18)/t13-,14-/m1/s1. The number of aromatic nitrogens is 4. The highest BCUT2D eigenvalue weighted by Gasteiger charge is 2.37. The van der Waals surface area contributed by atoms with Crippen LogP contribution in [0.3, 0.4) is 0 Å². The van der Waals surface area contributed by atoms with Crippen molar-refractivity contribution in [2.24, 2.45) is 11.8 Å². The fraction of sp³-hybridized carbons (Fsp3) is 0.562. The van der Waals surface area contributed by atoms with Crippen LogP contribution in [0.15, 0.2) is 24.7 Å². The molecule has 2 atom stereocenters. The lowest BCUT2D eigenvalue weighted by Gasteiger charge is -2.34. The summed E-state index contributed by atoms with van der Waals surface area (Å²) in [5.74, 6) is 2.58. The van der Waals surface area contributed by atoms with Gasteiger partial charge in [0.25, 0.3) is 0 Å². The number of hydrogen-bond donors (Lipinski definition) is 1. The summed E-state index contributed by atoms with van der Waals surface area (Å²) in [5.41, 5.74) is 2.19. The molecule has 2 aliphatic rings. The predicted octanol–water partition coefficient (Wildman–Crippen LogP) is 1.47. The van der Waals surface area contributed by atoms with Gasteiger partial charge < -0.3 is 9.88 Å².